The first kappa shape index (κ1) is 22.8. The molecule has 3 aromatic rings. The minimum Gasteiger partial charge on any atom is -0.497 e. The van der Waals surface area contributed by atoms with Crippen LogP contribution in [0, 0.1) is 0 Å². The number of benzene rings is 2. The summed E-state index contributed by atoms with van der Waals surface area (Å²) in [4.78, 5) is 27.9. The molecule has 1 aromatic heterocycles. The van der Waals surface area contributed by atoms with Crippen LogP contribution in [-0.2, 0) is 22.7 Å². The van der Waals surface area contributed by atoms with Gasteiger partial charge in [-0.1, -0.05) is 30.3 Å². The summed E-state index contributed by atoms with van der Waals surface area (Å²) in [5.41, 5.74) is 2.72. The number of carboxylic acid groups (broad SMARTS) is 2. The second kappa shape index (κ2) is 10.1. The van der Waals surface area contributed by atoms with Crippen LogP contribution in [-0.4, -0.2) is 69.8 Å². The number of rotatable bonds is 9. The molecule has 0 unspecified atom stereocenters. The van der Waals surface area contributed by atoms with Crippen LogP contribution in [0.4, 0.5) is 0 Å². The van der Waals surface area contributed by atoms with E-state index < -0.39 is 18.0 Å². The molecule has 1 aliphatic rings. The molecule has 0 aliphatic carbocycles. The van der Waals surface area contributed by atoms with Crippen molar-refractivity contribution in [1.82, 2.24) is 14.4 Å². The minimum atomic E-state index is -0.911. The van der Waals surface area contributed by atoms with Gasteiger partial charge < -0.3 is 19.5 Å². The van der Waals surface area contributed by atoms with Crippen LogP contribution in [0.1, 0.15) is 23.6 Å². The summed E-state index contributed by atoms with van der Waals surface area (Å²) in [6.45, 7) is 3.94. The van der Waals surface area contributed by atoms with Gasteiger partial charge in [0.2, 0.25) is 0 Å². The quantitative estimate of drug-likeness (QED) is 0.516. The number of methoxy groups -OCH3 is 1. The van der Waals surface area contributed by atoms with E-state index in [1.165, 1.54) is 5.56 Å². The molecule has 174 valence electrons. The molecule has 33 heavy (non-hydrogen) atoms. The number of piperazine rings is 1. The molecule has 0 amide bonds. The molecule has 8 heteroatoms. The maximum Gasteiger partial charge on any atom is 0.325 e. The molecule has 1 atom stereocenters. The third kappa shape index (κ3) is 5.18. The molecule has 0 radical (unpaired) electrons. The fraction of sp³-hybridized carbons (Fsp3) is 0.360. The zero-order valence-corrected chi connectivity index (χ0v) is 18.7. The molecule has 1 fully saturated rings. The Labute approximate surface area is 192 Å². The van der Waals surface area contributed by atoms with Gasteiger partial charge in [0.1, 0.15) is 11.8 Å². The van der Waals surface area contributed by atoms with Gasteiger partial charge in [0.05, 0.1) is 13.5 Å². The van der Waals surface area contributed by atoms with E-state index in [1.54, 1.807) is 13.3 Å². The van der Waals surface area contributed by atoms with E-state index in [0.717, 1.165) is 30.5 Å². The largest absolute Gasteiger partial charge is 0.497 e. The van der Waals surface area contributed by atoms with Crippen molar-refractivity contribution in [2.24, 2.45) is 0 Å². The number of aryl methyl sites for hydroxylation is 1. The zero-order valence-electron chi connectivity index (χ0n) is 18.7. The topological polar surface area (TPSA) is 95.2 Å². The molecule has 2 aromatic carbocycles. The lowest BCUT2D eigenvalue weighted by atomic mass is 10.0. The molecule has 2 heterocycles. The number of ether oxygens (including phenoxy) is 1. The van der Waals surface area contributed by atoms with Gasteiger partial charge in [-0.25, -0.2) is 0 Å². The van der Waals surface area contributed by atoms with Gasteiger partial charge in [-0.2, -0.15) is 0 Å². The predicted molar refractivity (Wildman–Crippen MR) is 124 cm³/mol. The zero-order chi connectivity index (χ0) is 23.4. The lowest BCUT2D eigenvalue weighted by Crippen LogP contribution is -2.48. The summed E-state index contributed by atoms with van der Waals surface area (Å²) in [5.74, 6) is -1.17. The molecule has 4 rings (SSSR count). The van der Waals surface area contributed by atoms with Crippen LogP contribution in [0.5, 0.6) is 5.75 Å². The number of aromatic nitrogens is 1. The Morgan fingerprint density at radius 3 is 2.39 bits per heavy atom. The fourth-order valence-corrected chi connectivity index (χ4v) is 4.56. The first-order valence-electron chi connectivity index (χ1n) is 11.1. The molecular weight excluding hydrogens is 422 g/mol. The van der Waals surface area contributed by atoms with Gasteiger partial charge in [0, 0.05) is 61.9 Å². The van der Waals surface area contributed by atoms with Crippen LogP contribution in [0.3, 0.4) is 0 Å². The molecular formula is C25H29N3O5. The molecule has 0 saturated carbocycles. The highest BCUT2D eigenvalue weighted by Crippen LogP contribution is 2.34. The first-order valence-corrected chi connectivity index (χ1v) is 11.1. The van der Waals surface area contributed by atoms with Crippen LogP contribution in [0.2, 0.25) is 0 Å². The van der Waals surface area contributed by atoms with E-state index in [1.807, 2.05) is 45.9 Å². The van der Waals surface area contributed by atoms with Crippen molar-refractivity contribution in [3.05, 3.63) is 65.9 Å². The molecule has 0 bridgehead atoms. The van der Waals surface area contributed by atoms with E-state index in [0.29, 0.717) is 24.4 Å². The molecule has 8 nitrogen and oxygen atoms in total. The SMILES string of the molecule is COc1ccc2c(c1)c([C@H](C(=O)O)N1CCN(Cc3ccccc3)CC1)cn2CCC(=O)O. The van der Waals surface area contributed by atoms with E-state index in [4.69, 9.17) is 9.84 Å². The highest BCUT2D eigenvalue weighted by molar-refractivity contribution is 5.90. The minimum absolute atomic E-state index is 0.0366. The second-order valence-electron chi connectivity index (χ2n) is 8.34. The Hall–Kier alpha value is -3.36. The number of carboxylic acids is 2. The molecule has 2 N–H and O–H groups in total. The van der Waals surface area contributed by atoms with Crippen LogP contribution >= 0.6 is 0 Å². The molecule has 1 saturated heterocycles. The maximum atomic E-state index is 12.5. The maximum absolute atomic E-state index is 12.5. The Morgan fingerprint density at radius 1 is 1.03 bits per heavy atom. The van der Waals surface area contributed by atoms with Crippen molar-refractivity contribution in [2.45, 2.75) is 25.6 Å². The van der Waals surface area contributed by atoms with Crippen LogP contribution in [0.15, 0.2) is 54.7 Å². The molecule has 1 aliphatic heterocycles. The van der Waals surface area contributed by atoms with Crippen molar-refractivity contribution in [1.29, 1.82) is 0 Å². The number of hydrogen-bond acceptors (Lipinski definition) is 5. The Bertz CT molecular complexity index is 1120. The third-order valence-electron chi connectivity index (χ3n) is 6.24. The Balaban J connectivity index is 1.59. The third-order valence-corrected chi connectivity index (χ3v) is 6.24. The summed E-state index contributed by atoms with van der Waals surface area (Å²) >= 11 is 0. The van der Waals surface area contributed by atoms with Crippen molar-refractivity contribution in [3.63, 3.8) is 0 Å². The monoisotopic (exact) mass is 451 g/mol. The fourth-order valence-electron chi connectivity index (χ4n) is 4.56. The number of aliphatic carboxylic acids is 2. The lowest BCUT2D eigenvalue weighted by molar-refractivity contribution is -0.144. The highest BCUT2D eigenvalue weighted by atomic mass is 16.5. The van der Waals surface area contributed by atoms with Gasteiger partial charge in [0.15, 0.2) is 0 Å². The highest BCUT2D eigenvalue weighted by Gasteiger charge is 2.33. The second-order valence-corrected chi connectivity index (χ2v) is 8.34. The van der Waals surface area contributed by atoms with E-state index in [2.05, 4.69) is 17.0 Å². The summed E-state index contributed by atoms with van der Waals surface area (Å²) in [5, 5.41) is 20.1. The Kier molecular flexibility index (Phi) is 6.96. The lowest BCUT2D eigenvalue weighted by Gasteiger charge is -2.37. The smallest absolute Gasteiger partial charge is 0.325 e. The molecule has 0 spiro atoms. The van der Waals surface area contributed by atoms with Gasteiger partial charge in [-0.05, 0) is 23.8 Å². The van der Waals surface area contributed by atoms with E-state index in [-0.39, 0.29) is 13.0 Å². The van der Waals surface area contributed by atoms with Gasteiger partial charge in [-0.15, -0.1) is 0 Å². The first-order chi connectivity index (χ1) is 16.0. The Morgan fingerprint density at radius 2 is 1.76 bits per heavy atom. The van der Waals surface area contributed by atoms with Crippen LogP contribution in [0.25, 0.3) is 10.9 Å². The standard InChI is InChI=1S/C25H29N3O5/c1-33-19-7-8-22-20(15-19)21(17-28(22)10-9-23(29)30)24(25(31)32)27-13-11-26(12-14-27)16-18-5-3-2-4-6-18/h2-8,15,17,24H,9-14,16H2,1H3,(H,29,30)(H,31,32)/t24-/m1/s1. The van der Waals surface area contributed by atoms with Crippen LogP contribution < -0.4 is 4.74 Å². The summed E-state index contributed by atoms with van der Waals surface area (Å²) < 4.78 is 7.20. The normalized spacial score (nSPS) is 16.0. The van der Waals surface area contributed by atoms with Gasteiger partial charge in [-0.3, -0.25) is 19.4 Å². The number of carbonyl (C=O) groups is 2. The van der Waals surface area contributed by atoms with Gasteiger partial charge in [0.25, 0.3) is 0 Å². The number of fused-ring (bicyclic) bond motifs is 1. The van der Waals surface area contributed by atoms with Crippen molar-refractivity contribution in [3.8, 4) is 5.75 Å². The summed E-state index contributed by atoms with van der Waals surface area (Å²) in [6, 6.07) is 14.9. The van der Waals surface area contributed by atoms with Gasteiger partial charge >= 0.3 is 11.9 Å². The average Bonchev–Trinajstić information content (AvgIpc) is 3.16. The van der Waals surface area contributed by atoms with E-state index in [9.17, 15) is 14.7 Å². The van der Waals surface area contributed by atoms with E-state index >= 15 is 0 Å². The van der Waals surface area contributed by atoms with Crippen molar-refractivity contribution >= 4 is 22.8 Å². The van der Waals surface area contributed by atoms with Crippen molar-refractivity contribution < 1.29 is 24.5 Å². The summed E-state index contributed by atoms with van der Waals surface area (Å²) in [7, 11) is 1.57. The number of hydrogen-bond donors (Lipinski definition) is 2. The van der Waals surface area contributed by atoms with Crippen molar-refractivity contribution in [2.75, 3.05) is 33.3 Å². The predicted octanol–water partition coefficient (Wildman–Crippen LogP) is 3.07. The summed E-state index contributed by atoms with van der Waals surface area (Å²) in [6.07, 6.45) is 1.76. The average molecular weight is 452 g/mol. The number of nitrogens with zero attached hydrogens (tertiary/aromatic N) is 3.